The molecule has 1 rings (SSSR count). The fraction of sp³-hybridized carbons (Fsp3) is 0.806. The van der Waals surface area contributed by atoms with Gasteiger partial charge in [-0.15, -0.1) is 0 Å². The molecule has 0 atom stereocenters. The summed E-state index contributed by atoms with van der Waals surface area (Å²) in [4.78, 5) is 28.6. The summed E-state index contributed by atoms with van der Waals surface area (Å²) in [6.45, 7) is 10.3. The van der Waals surface area contributed by atoms with Crippen LogP contribution in [0.3, 0.4) is 0 Å². The first-order valence-electron chi connectivity index (χ1n) is 15.0. The van der Waals surface area contributed by atoms with E-state index in [4.69, 9.17) is 0 Å². The Balaban J connectivity index is 2.30. The van der Waals surface area contributed by atoms with E-state index in [9.17, 15) is 9.79 Å². The molecule has 3 nitrogen and oxygen atoms in total. The van der Waals surface area contributed by atoms with E-state index in [1.807, 2.05) is 62.7 Å². The van der Waals surface area contributed by atoms with Crippen LogP contribution in [0.15, 0.2) is 30.3 Å². The number of nitrogens with zero attached hydrogens (tertiary/aromatic N) is 1. The van der Waals surface area contributed by atoms with Gasteiger partial charge in [0.15, 0.2) is 0 Å². The molecule has 0 N–H and O–H groups in total. The van der Waals surface area contributed by atoms with Crippen molar-refractivity contribution >= 4 is 7.21 Å². The second-order valence-corrected chi connectivity index (χ2v) is 15.2. The van der Waals surface area contributed by atoms with Crippen LogP contribution < -0.4 is 9.79 Å². The van der Waals surface area contributed by atoms with Gasteiger partial charge in [0.05, 0.1) is 0 Å². The molecule has 0 bridgehead atoms. The first-order valence-corrected chi connectivity index (χ1v) is 17.4. The summed E-state index contributed by atoms with van der Waals surface area (Å²) in [6, 6.07) is 9.69. The molecule has 0 saturated heterocycles. The van der Waals surface area contributed by atoms with E-state index in [-0.39, 0.29) is 24.4 Å². The summed E-state index contributed by atoms with van der Waals surface area (Å²) >= 11 is 0. The summed E-state index contributed by atoms with van der Waals surface area (Å²) in [5.41, 5.74) is 0.901. The number of rotatable bonds is 22. The molecule has 0 saturated carbocycles. The van der Waals surface area contributed by atoms with Crippen LogP contribution in [0.2, 0.25) is 0 Å². The Bertz CT molecular complexity index is 624. The number of hydrogen-bond acceptors (Lipinski definition) is 3. The maximum absolute atomic E-state index is 14.3. The van der Waals surface area contributed by atoms with Gasteiger partial charge in [0.25, 0.3) is 0 Å². The summed E-state index contributed by atoms with van der Waals surface area (Å²) in [5, 5.41) is 0. The van der Waals surface area contributed by atoms with Crippen LogP contribution in [-0.4, -0.2) is 22.9 Å². The minimum atomic E-state index is -4.52. The van der Waals surface area contributed by atoms with Crippen molar-refractivity contribution in [2.45, 2.75) is 156 Å². The van der Waals surface area contributed by atoms with Gasteiger partial charge in [0, 0.05) is 0 Å². The quantitative estimate of drug-likeness (QED) is 0.117. The molecule has 0 aliphatic rings. The van der Waals surface area contributed by atoms with Crippen LogP contribution >= 0.6 is 7.21 Å². The molecule has 0 heterocycles. The Morgan fingerprint density at radius 2 is 0.971 bits per heavy atom. The van der Waals surface area contributed by atoms with Crippen molar-refractivity contribution in [3.8, 4) is 0 Å². The fourth-order valence-corrected chi connectivity index (χ4v) is 10.2. The van der Waals surface area contributed by atoms with Gasteiger partial charge < -0.3 is 0 Å². The molecule has 0 amide bonds. The van der Waals surface area contributed by atoms with E-state index in [0.717, 1.165) is 24.8 Å². The van der Waals surface area contributed by atoms with Crippen LogP contribution in [0.5, 0.6) is 0 Å². The third kappa shape index (κ3) is 13.6. The molecule has 0 fully saturated rings. The molecule has 0 aliphatic heterocycles. The zero-order valence-corrected chi connectivity index (χ0v) is 24.9. The maximum atomic E-state index is 14.3. The van der Waals surface area contributed by atoms with Gasteiger partial charge in [-0.2, -0.15) is 0 Å². The van der Waals surface area contributed by atoms with Gasteiger partial charge in [-0.1, -0.05) is 39.0 Å². The second kappa shape index (κ2) is 17.9. The second-order valence-electron chi connectivity index (χ2n) is 11.5. The number of benzene rings is 1. The van der Waals surface area contributed by atoms with Crippen LogP contribution in [0.1, 0.15) is 143 Å². The Kier molecular flexibility index (Phi) is 16.6. The van der Waals surface area contributed by atoms with Crippen molar-refractivity contribution < 1.29 is 9.79 Å². The molecular weight excluding hydrogens is 449 g/mol. The predicted octanol–water partition coefficient (Wildman–Crippen LogP) is 8.59. The molecule has 0 spiro atoms. The average Bonchev–Trinajstić information content (AvgIpc) is 2.78. The van der Waals surface area contributed by atoms with Crippen molar-refractivity contribution in [1.82, 2.24) is 4.67 Å². The van der Waals surface area contributed by atoms with Gasteiger partial charge >= 0.3 is 180 Å². The molecule has 35 heavy (non-hydrogen) atoms. The standard InChI is InChI=1S/C31H58NO2P/c1-6-7-8-9-10-11-12-13-14-15-16-17-18-19-20-24-27-35(33,34,32(29(2)3)30(4)5)28-31-25-22-21-23-26-31/h21-23,25-26,29-30H,6-20,24,27-28H2,1-5H3/q-2. The van der Waals surface area contributed by atoms with E-state index in [0.29, 0.717) is 0 Å². The van der Waals surface area contributed by atoms with E-state index in [1.165, 1.54) is 83.5 Å². The van der Waals surface area contributed by atoms with Crippen molar-refractivity contribution in [1.29, 1.82) is 0 Å². The monoisotopic (exact) mass is 507 g/mol. The van der Waals surface area contributed by atoms with Crippen LogP contribution in [0.25, 0.3) is 0 Å². The molecule has 206 valence electrons. The molecule has 4 heteroatoms. The minimum absolute atomic E-state index is 0.0209. The number of unbranched alkanes of at least 4 members (excludes halogenated alkanes) is 15. The summed E-state index contributed by atoms with van der Waals surface area (Å²) in [5.74, 6) is 0. The van der Waals surface area contributed by atoms with Gasteiger partial charge in [-0.05, 0) is 0 Å². The molecule has 1 aromatic rings. The molecule has 0 aromatic heterocycles. The van der Waals surface area contributed by atoms with Gasteiger partial charge in [0.1, 0.15) is 0 Å². The third-order valence-corrected chi connectivity index (χ3v) is 11.5. The van der Waals surface area contributed by atoms with Crippen LogP contribution in [-0.2, 0) is 6.16 Å². The summed E-state index contributed by atoms with van der Waals surface area (Å²) in [7, 11) is -4.52. The zero-order chi connectivity index (χ0) is 26.0. The average molecular weight is 508 g/mol. The molecule has 0 aliphatic carbocycles. The zero-order valence-electron chi connectivity index (χ0n) is 24.0. The van der Waals surface area contributed by atoms with Crippen LogP contribution in [0.4, 0.5) is 0 Å². The molecule has 0 unspecified atom stereocenters. The van der Waals surface area contributed by atoms with Crippen molar-refractivity contribution in [2.24, 2.45) is 0 Å². The van der Waals surface area contributed by atoms with Crippen molar-refractivity contribution in [2.75, 3.05) is 6.16 Å². The summed E-state index contributed by atoms with van der Waals surface area (Å²) < 4.78 is 1.81. The Morgan fingerprint density at radius 1 is 0.600 bits per heavy atom. The predicted molar refractivity (Wildman–Crippen MR) is 154 cm³/mol. The van der Waals surface area contributed by atoms with E-state index in [1.54, 1.807) is 0 Å². The SMILES string of the molecule is CCCCCCCCCCCCCCCCCCP([O-])([O-])(Cc1ccccc1)N(C(C)C)C(C)C. The first kappa shape index (κ1) is 32.6. The fourth-order valence-electron chi connectivity index (χ4n) is 5.82. The van der Waals surface area contributed by atoms with Gasteiger partial charge in [-0.25, -0.2) is 0 Å². The first-order chi connectivity index (χ1) is 16.7. The van der Waals surface area contributed by atoms with Gasteiger partial charge in [-0.3, -0.25) is 0 Å². The van der Waals surface area contributed by atoms with Crippen LogP contribution in [0, 0.1) is 0 Å². The molecular formula is C31H58NO2P-2. The van der Waals surface area contributed by atoms with Crippen molar-refractivity contribution in [3.63, 3.8) is 0 Å². The van der Waals surface area contributed by atoms with E-state index >= 15 is 0 Å². The Hall–Kier alpha value is -0.470. The normalized spacial score (nSPS) is 13.6. The topological polar surface area (TPSA) is 49.4 Å². The van der Waals surface area contributed by atoms with Gasteiger partial charge in [0.2, 0.25) is 0 Å². The Labute approximate surface area is 219 Å². The molecule has 1 aromatic carbocycles. The Morgan fingerprint density at radius 3 is 1.34 bits per heavy atom. The van der Waals surface area contributed by atoms with Crippen molar-refractivity contribution in [3.05, 3.63) is 35.9 Å². The number of hydrogen-bond donors (Lipinski definition) is 0. The summed E-state index contributed by atoms with van der Waals surface area (Å²) in [6.07, 6.45) is 21.2. The van der Waals surface area contributed by atoms with E-state index in [2.05, 4.69) is 6.92 Å². The third-order valence-electron chi connectivity index (χ3n) is 7.36. The molecule has 0 radical (unpaired) electrons. The van der Waals surface area contributed by atoms with E-state index < -0.39 is 7.21 Å².